The summed E-state index contributed by atoms with van der Waals surface area (Å²) in [5, 5.41) is 3.40. The molecule has 1 aromatic heterocycles. The molecule has 0 aromatic carbocycles. The van der Waals surface area contributed by atoms with E-state index in [1.807, 2.05) is 18.5 Å². The summed E-state index contributed by atoms with van der Waals surface area (Å²) in [5.74, 6) is 0. The van der Waals surface area contributed by atoms with Gasteiger partial charge in [0.1, 0.15) is 0 Å². The van der Waals surface area contributed by atoms with Crippen LogP contribution in [-0.2, 0) is 11.3 Å². The monoisotopic (exact) mass is 235 g/mol. The van der Waals surface area contributed by atoms with Gasteiger partial charge in [-0.05, 0) is 18.2 Å². The molecule has 2 heterocycles. The fraction of sp³-hybridized carbons (Fsp3) is 0.615. The predicted molar refractivity (Wildman–Crippen MR) is 67.8 cm³/mol. The summed E-state index contributed by atoms with van der Waals surface area (Å²) >= 11 is 0. The van der Waals surface area contributed by atoms with Crippen molar-refractivity contribution in [2.24, 2.45) is 0 Å². The lowest BCUT2D eigenvalue weighted by Crippen LogP contribution is -2.49. The minimum atomic E-state index is 0.476. The van der Waals surface area contributed by atoms with E-state index in [0.29, 0.717) is 6.04 Å². The third kappa shape index (κ3) is 3.77. The normalized spacial score (nSPS) is 21.6. The van der Waals surface area contributed by atoms with E-state index < -0.39 is 0 Å². The van der Waals surface area contributed by atoms with E-state index in [9.17, 15) is 0 Å². The van der Waals surface area contributed by atoms with Gasteiger partial charge in [-0.2, -0.15) is 0 Å². The molecule has 1 aromatic rings. The Balaban J connectivity index is 1.92. The summed E-state index contributed by atoms with van der Waals surface area (Å²) < 4.78 is 5.55. The average molecular weight is 235 g/mol. The van der Waals surface area contributed by atoms with Crippen LogP contribution < -0.4 is 5.32 Å². The van der Waals surface area contributed by atoms with Crippen molar-refractivity contribution in [3.63, 3.8) is 0 Å². The number of rotatable bonds is 5. The number of hydrogen-bond acceptors (Lipinski definition) is 4. The molecule has 1 saturated heterocycles. The molecule has 0 spiro atoms. The van der Waals surface area contributed by atoms with Crippen LogP contribution in [0, 0.1) is 0 Å². The summed E-state index contributed by atoms with van der Waals surface area (Å²) in [6.45, 7) is 7.78. The third-order valence-electron chi connectivity index (χ3n) is 3.09. The second kappa shape index (κ2) is 6.69. The van der Waals surface area contributed by atoms with Gasteiger partial charge in [0, 0.05) is 38.1 Å². The van der Waals surface area contributed by atoms with Crippen molar-refractivity contribution in [1.29, 1.82) is 0 Å². The van der Waals surface area contributed by atoms with Crippen molar-refractivity contribution in [2.45, 2.75) is 19.5 Å². The molecule has 4 heteroatoms. The molecule has 4 nitrogen and oxygen atoms in total. The maximum atomic E-state index is 5.55. The third-order valence-corrected chi connectivity index (χ3v) is 3.09. The van der Waals surface area contributed by atoms with Gasteiger partial charge in [-0.25, -0.2) is 0 Å². The quantitative estimate of drug-likeness (QED) is 0.822. The molecular weight excluding hydrogens is 214 g/mol. The molecule has 1 aliphatic heterocycles. The van der Waals surface area contributed by atoms with Gasteiger partial charge in [-0.15, -0.1) is 0 Å². The standard InChI is InChI=1S/C13H21N3O/c1-2-14-9-13-11-17-7-6-16(13)10-12-4-3-5-15-8-12/h3-5,8,13-14H,2,6-7,9-11H2,1H3. The van der Waals surface area contributed by atoms with Gasteiger partial charge in [0.25, 0.3) is 0 Å². The zero-order valence-electron chi connectivity index (χ0n) is 10.4. The highest BCUT2D eigenvalue weighted by Crippen LogP contribution is 2.11. The molecular formula is C13H21N3O. The second-order valence-corrected chi connectivity index (χ2v) is 4.37. The zero-order chi connectivity index (χ0) is 11.9. The number of nitrogens with one attached hydrogen (secondary N) is 1. The van der Waals surface area contributed by atoms with Crippen LogP contribution in [0.5, 0.6) is 0 Å². The van der Waals surface area contributed by atoms with E-state index in [-0.39, 0.29) is 0 Å². The molecule has 1 N–H and O–H groups in total. The number of pyridine rings is 1. The van der Waals surface area contributed by atoms with Gasteiger partial charge >= 0.3 is 0 Å². The molecule has 1 unspecified atom stereocenters. The fourth-order valence-electron chi connectivity index (χ4n) is 2.12. The Labute approximate surface area is 103 Å². The van der Waals surface area contributed by atoms with Crippen molar-refractivity contribution in [1.82, 2.24) is 15.2 Å². The Hall–Kier alpha value is -0.970. The summed E-state index contributed by atoms with van der Waals surface area (Å²) in [6.07, 6.45) is 3.76. The molecule has 1 aliphatic rings. The van der Waals surface area contributed by atoms with Crippen LogP contribution in [0.2, 0.25) is 0 Å². The van der Waals surface area contributed by atoms with Gasteiger partial charge in [0.15, 0.2) is 0 Å². The summed E-state index contributed by atoms with van der Waals surface area (Å²) in [5.41, 5.74) is 1.27. The largest absolute Gasteiger partial charge is 0.378 e. The number of hydrogen-bond donors (Lipinski definition) is 1. The summed E-state index contributed by atoms with van der Waals surface area (Å²) in [6, 6.07) is 4.60. The van der Waals surface area contributed by atoms with Crippen molar-refractivity contribution >= 4 is 0 Å². The number of morpholine rings is 1. The van der Waals surface area contributed by atoms with Crippen molar-refractivity contribution in [2.75, 3.05) is 32.8 Å². The molecule has 17 heavy (non-hydrogen) atoms. The van der Waals surface area contributed by atoms with E-state index in [4.69, 9.17) is 4.74 Å². The van der Waals surface area contributed by atoms with Crippen LogP contribution >= 0.6 is 0 Å². The molecule has 0 bridgehead atoms. The first-order valence-corrected chi connectivity index (χ1v) is 6.31. The second-order valence-electron chi connectivity index (χ2n) is 4.37. The maximum Gasteiger partial charge on any atom is 0.0635 e. The van der Waals surface area contributed by atoms with Crippen molar-refractivity contribution in [3.8, 4) is 0 Å². The van der Waals surface area contributed by atoms with Crippen molar-refractivity contribution in [3.05, 3.63) is 30.1 Å². The Morgan fingerprint density at radius 2 is 2.53 bits per heavy atom. The number of aromatic nitrogens is 1. The van der Waals surface area contributed by atoms with E-state index in [1.165, 1.54) is 5.56 Å². The number of likely N-dealkylation sites (N-methyl/N-ethyl adjacent to an activating group) is 1. The smallest absolute Gasteiger partial charge is 0.0635 e. The van der Waals surface area contributed by atoms with Crippen LogP contribution in [0.15, 0.2) is 24.5 Å². The first-order valence-electron chi connectivity index (χ1n) is 6.31. The SMILES string of the molecule is CCNCC1COCCN1Cc1cccnc1. The molecule has 94 valence electrons. The molecule has 0 radical (unpaired) electrons. The summed E-state index contributed by atoms with van der Waals surface area (Å²) in [4.78, 5) is 6.64. The number of ether oxygens (including phenoxy) is 1. The summed E-state index contributed by atoms with van der Waals surface area (Å²) in [7, 11) is 0. The molecule has 1 fully saturated rings. The molecule has 0 saturated carbocycles. The van der Waals surface area contributed by atoms with Crippen LogP contribution in [0.25, 0.3) is 0 Å². The minimum Gasteiger partial charge on any atom is -0.378 e. The van der Waals surface area contributed by atoms with Gasteiger partial charge in [0.05, 0.1) is 13.2 Å². The minimum absolute atomic E-state index is 0.476. The van der Waals surface area contributed by atoms with Crippen LogP contribution in [0.4, 0.5) is 0 Å². The predicted octanol–water partition coefficient (Wildman–Crippen LogP) is 0.892. The zero-order valence-corrected chi connectivity index (χ0v) is 10.4. The lowest BCUT2D eigenvalue weighted by atomic mass is 10.2. The van der Waals surface area contributed by atoms with E-state index in [1.54, 1.807) is 0 Å². The number of nitrogens with zero attached hydrogens (tertiary/aromatic N) is 2. The topological polar surface area (TPSA) is 37.4 Å². The lowest BCUT2D eigenvalue weighted by Gasteiger charge is -2.35. The van der Waals surface area contributed by atoms with E-state index in [0.717, 1.165) is 39.4 Å². The lowest BCUT2D eigenvalue weighted by molar-refractivity contribution is -0.0108. The van der Waals surface area contributed by atoms with Crippen molar-refractivity contribution < 1.29 is 4.74 Å². The molecule has 0 aliphatic carbocycles. The first kappa shape index (κ1) is 12.5. The van der Waals surface area contributed by atoms with Crippen LogP contribution in [0.1, 0.15) is 12.5 Å². The highest BCUT2D eigenvalue weighted by atomic mass is 16.5. The Morgan fingerprint density at radius 3 is 3.29 bits per heavy atom. The fourth-order valence-corrected chi connectivity index (χ4v) is 2.12. The molecule has 1 atom stereocenters. The van der Waals surface area contributed by atoms with E-state index >= 15 is 0 Å². The Morgan fingerprint density at radius 1 is 1.59 bits per heavy atom. The van der Waals surface area contributed by atoms with Gasteiger partial charge < -0.3 is 10.1 Å². The Kier molecular flexibility index (Phi) is 4.91. The first-order chi connectivity index (χ1) is 8.40. The van der Waals surface area contributed by atoms with Crippen LogP contribution in [0.3, 0.4) is 0 Å². The maximum absolute atomic E-state index is 5.55. The molecule has 0 amide bonds. The van der Waals surface area contributed by atoms with E-state index in [2.05, 4.69) is 28.2 Å². The van der Waals surface area contributed by atoms with Gasteiger partial charge in [-0.1, -0.05) is 13.0 Å². The Bertz CT molecular complexity index is 318. The highest BCUT2D eigenvalue weighted by Gasteiger charge is 2.22. The van der Waals surface area contributed by atoms with Gasteiger partial charge in [0.2, 0.25) is 0 Å². The molecule has 2 rings (SSSR count). The highest BCUT2D eigenvalue weighted by molar-refractivity contribution is 5.08. The average Bonchev–Trinajstić information content (AvgIpc) is 2.39. The van der Waals surface area contributed by atoms with Gasteiger partial charge in [-0.3, -0.25) is 9.88 Å². The van der Waals surface area contributed by atoms with Crippen LogP contribution in [-0.4, -0.2) is 48.8 Å².